The smallest absolute Gasteiger partial charge is 0.188 e. The number of nitrogens with two attached hydrogens (primary N) is 1. The van der Waals surface area contributed by atoms with Crippen molar-refractivity contribution in [2.24, 2.45) is 5.73 Å². The summed E-state index contributed by atoms with van der Waals surface area (Å²) in [7, 11) is 0. The largest absolute Gasteiger partial charge is 0.379 e. The SMILES string of the molecule is Cc1cc(C)nc(SCCOCCN)n1. The van der Waals surface area contributed by atoms with Crippen LogP contribution in [0.25, 0.3) is 0 Å². The highest BCUT2D eigenvalue weighted by atomic mass is 32.2. The maximum Gasteiger partial charge on any atom is 0.188 e. The van der Waals surface area contributed by atoms with Gasteiger partial charge in [0.2, 0.25) is 0 Å². The van der Waals surface area contributed by atoms with E-state index in [1.165, 1.54) is 0 Å². The van der Waals surface area contributed by atoms with Crippen LogP contribution in [-0.4, -0.2) is 35.5 Å². The van der Waals surface area contributed by atoms with Crippen LogP contribution in [-0.2, 0) is 4.74 Å². The number of aryl methyl sites for hydroxylation is 2. The van der Waals surface area contributed by atoms with E-state index >= 15 is 0 Å². The van der Waals surface area contributed by atoms with Crippen molar-refractivity contribution in [3.05, 3.63) is 17.5 Å². The van der Waals surface area contributed by atoms with Crippen LogP contribution in [0, 0.1) is 13.8 Å². The lowest BCUT2D eigenvalue weighted by molar-refractivity contribution is 0.158. The monoisotopic (exact) mass is 227 g/mol. The second kappa shape index (κ2) is 6.76. The lowest BCUT2D eigenvalue weighted by Gasteiger charge is -2.03. The van der Waals surface area contributed by atoms with Crippen molar-refractivity contribution in [3.63, 3.8) is 0 Å². The molecule has 0 unspecified atom stereocenters. The van der Waals surface area contributed by atoms with Gasteiger partial charge in [-0.2, -0.15) is 0 Å². The van der Waals surface area contributed by atoms with E-state index in [1.54, 1.807) is 11.8 Å². The average molecular weight is 227 g/mol. The fourth-order valence-electron chi connectivity index (χ4n) is 1.14. The molecule has 1 aromatic heterocycles. The first-order valence-electron chi connectivity index (χ1n) is 4.95. The van der Waals surface area contributed by atoms with Crippen molar-refractivity contribution in [2.75, 3.05) is 25.5 Å². The summed E-state index contributed by atoms with van der Waals surface area (Å²) in [5.74, 6) is 0.864. The lowest BCUT2D eigenvalue weighted by Crippen LogP contribution is -2.10. The Bertz CT molecular complexity index is 286. The normalized spacial score (nSPS) is 10.6. The molecule has 5 heteroatoms. The van der Waals surface area contributed by atoms with E-state index in [1.807, 2.05) is 19.9 Å². The van der Waals surface area contributed by atoms with Gasteiger partial charge in [0.1, 0.15) is 0 Å². The van der Waals surface area contributed by atoms with Gasteiger partial charge in [0.15, 0.2) is 5.16 Å². The standard InChI is InChI=1S/C10H17N3OS/c1-8-7-9(2)13-10(12-8)15-6-5-14-4-3-11/h7H,3-6,11H2,1-2H3. The van der Waals surface area contributed by atoms with Gasteiger partial charge in [0.25, 0.3) is 0 Å². The lowest BCUT2D eigenvalue weighted by atomic mass is 10.4. The van der Waals surface area contributed by atoms with Crippen LogP contribution in [0.1, 0.15) is 11.4 Å². The predicted octanol–water partition coefficient (Wildman–Crippen LogP) is 1.16. The first-order chi connectivity index (χ1) is 7.22. The fraction of sp³-hybridized carbons (Fsp3) is 0.600. The van der Waals surface area contributed by atoms with E-state index in [-0.39, 0.29) is 0 Å². The van der Waals surface area contributed by atoms with Crippen molar-refractivity contribution < 1.29 is 4.74 Å². The Morgan fingerprint density at radius 3 is 2.53 bits per heavy atom. The third kappa shape index (κ3) is 5.11. The molecule has 0 aliphatic rings. The summed E-state index contributed by atoms with van der Waals surface area (Å²) in [4.78, 5) is 8.65. The second-order valence-electron chi connectivity index (χ2n) is 3.18. The third-order valence-corrected chi connectivity index (χ3v) is 2.49. The Balaban J connectivity index is 2.31. The molecule has 1 heterocycles. The summed E-state index contributed by atoms with van der Waals surface area (Å²) in [6.45, 7) is 5.84. The van der Waals surface area contributed by atoms with Crippen LogP contribution in [0.3, 0.4) is 0 Å². The minimum absolute atomic E-state index is 0.574. The quantitative estimate of drug-likeness (QED) is 0.449. The van der Waals surface area contributed by atoms with Crippen LogP contribution in [0.4, 0.5) is 0 Å². The van der Waals surface area contributed by atoms with E-state index in [9.17, 15) is 0 Å². The molecule has 4 nitrogen and oxygen atoms in total. The number of aromatic nitrogens is 2. The van der Waals surface area contributed by atoms with Gasteiger partial charge in [0, 0.05) is 23.7 Å². The van der Waals surface area contributed by atoms with Crippen LogP contribution < -0.4 is 5.73 Å². The molecule has 0 saturated heterocycles. The maximum absolute atomic E-state index is 5.31. The summed E-state index contributed by atoms with van der Waals surface area (Å²) >= 11 is 1.61. The molecule has 1 aromatic rings. The van der Waals surface area contributed by atoms with Crippen LogP contribution in [0.5, 0.6) is 0 Å². The number of rotatable bonds is 6. The summed E-state index contributed by atoms with van der Waals surface area (Å²) in [5.41, 5.74) is 7.32. The molecule has 0 radical (unpaired) electrons. The summed E-state index contributed by atoms with van der Waals surface area (Å²) in [5, 5.41) is 0.823. The van der Waals surface area contributed by atoms with Crippen LogP contribution in [0.2, 0.25) is 0 Å². The van der Waals surface area contributed by atoms with Crippen molar-refractivity contribution in [1.29, 1.82) is 0 Å². The molecule has 0 saturated carbocycles. The number of hydrogen-bond donors (Lipinski definition) is 1. The van der Waals surface area contributed by atoms with Gasteiger partial charge >= 0.3 is 0 Å². The Hall–Kier alpha value is -0.650. The van der Waals surface area contributed by atoms with Gasteiger partial charge < -0.3 is 10.5 Å². The fourth-order valence-corrected chi connectivity index (χ4v) is 1.94. The summed E-state index contributed by atoms with van der Waals surface area (Å²) < 4.78 is 5.26. The maximum atomic E-state index is 5.31. The molecular formula is C10H17N3OS. The van der Waals surface area contributed by atoms with Gasteiger partial charge in [-0.1, -0.05) is 11.8 Å². The Morgan fingerprint density at radius 1 is 1.27 bits per heavy atom. The van der Waals surface area contributed by atoms with Crippen molar-refractivity contribution >= 4 is 11.8 Å². The molecule has 0 aliphatic heterocycles. The van der Waals surface area contributed by atoms with Gasteiger partial charge in [-0.05, 0) is 19.9 Å². The molecule has 0 bridgehead atoms. The minimum Gasteiger partial charge on any atom is -0.379 e. The third-order valence-electron chi connectivity index (χ3n) is 1.68. The van der Waals surface area contributed by atoms with E-state index in [0.29, 0.717) is 19.8 Å². The number of ether oxygens (including phenoxy) is 1. The van der Waals surface area contributed by atoms with Gasteiger partial charge in [0.05, 0.1) is 13.2 Å². The highest BCUT2D eigenvalue weighted by Gasteiger charge is 1.99. The molecule has 2 N–H and O–H groups in total. The van der Waals surface area contributed by atoms with Gasteiger partial charge in [-0.3, -0.25) is 0 Å². The van der Waals surface area contributed by atoms with Crippen LogP contribution >= 0.6 is 11.8 Å². The first-order valence-corrected chi connectivity index (χ1v) is 5.94. The number of hydrogen-bond acceptors (Lipinski definition) is 5. The topological polar surface area (TPSA) is 61.0 Å². The molecule has 1 rings (SSSR count). The Morgan fingerprint density at radius 2 is 1.93 bits per heavy atom. The summed E-state index contributed by atoms with van der Waals surface area (Å²) in [6.07, 6.45) is 0. The molecule has 0 spiro atoms. The summed E-state index contributed by atoms with van der Waals surface area (Å²) in [6, 6.07) is 1.97. The molecule has 0 amide bonds. The average Bonchev–Trinajstić information content (AvgIpc) is 2.16. The zero-order valence-electron chi connectivity index (χ0n) is 9.19. The number of thioether (sulfide) groups is 1. The van der Waals surface area contributed by atoms with E-state index in [4.69, 9.17) is 10.5 Å². The van der Waals surface area contributed by atoms with Gasteiger partial charge in [-0.15, -0.1) is 0 Å². The molecule has 0 fully saturated rings. The molecule has 0 aromatic carbocycles. The first kappa shape index (κ1) is 12.4. The van der Waals surface area contributed by atoms with E-state index in [0.717, 1.165) is 22.3 Å². The molecule has 15 heavy (non-hydrogen) atoms. The highest BCUT2D eigenvalue weighted by molar-refractivity contribution is 7.99. The van der Waals surface area contributed by atoms with Crippen molar-refractivity contribution in [3.8, 4) is 0 Å². The molecular weight excluding hydrogens is 210 g/mol. The van der Waals surface area contributed by atoms with Crippen molar-refractivity contribution in [1.82, 2.24) is 9.97 Å². The zero-order valence-corrected chi connectivity index (χ0v) is 10.0. The molecule has 0 aliphatic carbocycles. The van der Waals surface area contributed by atoms with Crippen molar-refractivity contribution in [2.45, 2.75) is 19.0 Å². The highest BCUT2D eigenvalue weighted by Crippen LogP contribution is 2.13. The zero-order chi connectivity index (χ0) is 11.1. The van der Waals surface area contributed by atoms with E-state index in [2.05, 4.69) is 9.97 Å². The van der Waals surface area contributed by atoms with Crippen LogP contribution in [0.15, 0.2) is 11.2 Å². The molecule has 84 valence electrons. The predicted molar refractivity (Wildman–Crippen MR) is 62.1 cm³/mol. The van der Waals surface area contributed by atoms with E-state index < -0.39 is 0 Å². The number of nitrogens with zero attached hydrogens (tertiary/aromatic N) is 2. The molecule has 0 atom stereocenters. The minimum atomic E-state index is 0.574. The van der Waals surface area contributed by atoms with Gasteiger partial charge in [-0.25, -0.2) is 9.97 Å². The Kier molecular flexibility index (Phi) is 5.60. The Labute approximate surface area is 94.6 Å². The second-order valence-corrected chi connectivity index (χ2v) is 4.24.